The van der Waals surface area contributed by atoms with E-state index in [-0.39, 0.29) is 5.75 Å². The molecule has 2 unspecified atom stereocenters. The first kappa shape index (κ1) is 14.2. The van der Waals surface area contributed by atoms with E-state index in [2.05, 4.69) is 20.8 Å². The maximum Gasteiger partial charge on any atom is 0.172 e. The molecule has 0 aromatic heterocycles. The summed E-state index contributed by atoms with van der Waals surface area (Å²) in [6.07, 6.45) is 4.07. The van der Waals surface area contributed by atoms with Crippen molar-refractivity contribution in [2.24, 2.45) is 0 Å². The van der Waals surface area contributed by atoms with E-state index >= 15 is 0 Å². The molecule has 110 valence electrons. The standard InChI is InChI=1S/C15H20BrNO3/c1-19-14-8-10(7-11(16)15(14)18)9-17-5-6-20-13-4-2-3-12(13)17/h7-8,12-13,18H,2-6,9H2,1H3. The van der Waals surface area contributed by atoms with Crippen LogP contribution in [0.15, 0.2) is 16.6 Å². The lowest BCUT2D eigenvalue weighted by Crippen LogP contribution is -2.47. The Morgan fingerprint density at radius 3 is 3.10 bits per heavy atom. The Bertz CT molecular complexity index is 494. The van der Waals surface area contributed by atoms with Crippen LogP contribution in [0.1, 0.15) is 24.8 Å². The summed E-state index contributed by atoms with van der Waals surface area (Å²) in [5.74, 6) is 0.683. The van der Waals surface area contributed by atoms with Crippen LogP contribution in [0, 0.1) is 0 Å². The van der Waals surface area contributed by atoms with Crippen molar-refractivity contribution in [2.75, 3.05) is 20.3 Å². The molecule has 1 saturated heterocycles. The van der Waals surface area contributed by atoms with E-state index < -0.39 is 0 Å². The Morgan fingerprint density at radius 1 is 1.45 bits per heavy atom. The number of phenolic OH excluding ortho intramolecular Hbond substituents is 1. The smallest absolute Gasteiger partial charge is 0.172 e. The monoisotopic (exact) mass is 341 g/mol. The lowest BCUT2D eigenvalue weighted by atomic mass is 10.1. The Labute approximate surface area is 127 Å². The number of benzene rings is 1. The fourth-order valence-corrected chi connectivity index (χ4v) is 3.80. The largest absolute Gasteiger partial charge is 0.503 e. The zero-order chi connectivity index (χ0) is 14.1. The molecule has 0 radical (unpaired) electrons. The van der Waals surface area contributed by atoms with Gasteiger partial charge in [0.2, 0.25) is 0 Å². The Morgan fingerprint density at radius 2 is 2.30 bits per heavy atom. The topological polar surface area (TPSA) is 41.9 Å². The number of aromatic hydroxyl groups is 1. The van der Waals surface area contributed by atoms with Crippen LogP contribution >= 0.6 is 15.9 Å². The first-order chi connectivity index (χ1) is 9.69. The average molecular weight is 342 g/mol. The molecule has 1 aromatic rings. The molecule has 1 N–H and O–H groups in total. The first-order valence-corrected chi connectivity index (χ1v) is 7.89. The molecule has 1 aliphatic heterocycles. The summed E-state index contributed by atoms with van der Waals surface area (Å²) in [6.45, 7) is 2.67. The van der Waals surface area contributed by atoms with Crippen LogP contribution in [0.4, 0.5) is 0 Å². The number of rotatable bonds is 3. The molecular weight excluding hydrogens is 322 g/mol. The maximum atomic E-state index is 9.87. The third-order valence-electron chi connectivity index (χ3n) is 4.29. The number of nitrogens with zero attached hydrogens (tertiary/aromatic N) is 1. The summed E-state index contributed by atoms with van der Waals surface area (Å²) in [6, 6.07) is 4.43. The van der Waals surface area contributed by atoms with Crippen LogP contribution in [-0.2, 0) is 11.3 Å². The molecule has 4 nitrogen and oxygen atoms in total. The van der Waals surface area contributed by atoms with Crippen LogP contribution in [-0.4, -0.2) is 42.4 Å². The minimum atomic E-state index is 0.164. The van der Waals surface area contributed by atoms with Gasteiger partial charge in [0, 0.05) is 19.1 Å². The predicted molar refractivity (Wildman–Crippen MR) is 80.1 cm³/mol. The number of fused-ring (bicyclic) bond motifs is 1. The highest BCUT2D eigenvalue weighted by Crippen LogP contribution is 2.36. The fourth-order valence-electron chi connectivity index (χ4n) is 3.31. The second-order valence-electron chi connectivity index (χ2n) is 5.51. The van der Waals surface area contributed by atoms with Crippen molar-refractivity contribution >= 4 is 15.9 Å². The van der Waals surface area contributed by atoms with Gasteiger partial charge < -0.3 is 14.6 Å². The molecule has 1 saturated carbocycles. The molecule has 1 heterocycles. The summed E-state index contributed by atoms with van der Waals surface area (Å²) >= 11 is 3.39. The predicted octanol–water partition coefficient (Wildman–Crippen LogP) is 2.92. The van der Waals surface area contributed by atoms with Crippen molar-refractivity contribution in [3.05, 3.63) is 22.2 Å². The quantitative estimate of drug-likeness (QED) is 0.917. The third kappa shape index (κ3) is 2.67. The zero-order valence-corrected chi connectivity index (χ0v) is 13.2. The molecule has 1 aliphatic carbocycles. The second-order valence-corrected chi connectivity index (χ2v) is 6.36. The van der Waals surface area contributed by atoms with Crippen molar-refractivity contribution in [3.8, 4) is 11.5 Å². The molecule has 2 atom stereocenters. The van der Waals surface area contributed by atoms with Gasteiger partial charge in [0.05, 0.1) is 24.3 Å². The zero-order valence-electron chi connectivity index (χ0n) is 11.6. The highest BCUT2D eigenvalue weighted by Gasteiger charge is 2.35. The summed E-state index contributed by atoms with van der Waals surface area (Å²) < 4.78 is 11.7. The molecule has 0 bridgehead atoms. The van der Waals surface area contributed by atoms with Crippen LogP contribution in [0.25, 0.3) is 0 Å². The maximum absolute atomic E-state index is 9.87. The number of hydrogen-bond acceptors (Lipinski definition) is 4. The van der Waals surface area contributed by atoms with E-state index in [1.165, 1.54) is 19.3 Å². The van der Waals surface area contributed by atoms with Crippen molar-refractivity contribution < 1.29 is 14.6 Å². The Kier molecular flexibility index (Phi) is 4.19. The van der Waals surface area contributed by atoms with E-state index in [1.54, 1.807) is 7.11 Å². The summed E-state index contributed by atoms with van der Waals surface area (Å²) in [4.78, 5) is 2.50. The van der Waals surface area contributed by atoms with Crippen molar-refractivity contribution in [1.82, 2.24) is 4.90 Å². The fraction of sp³-hybridized carbons (Fsp3) is 0.600. The SMILES string of the molecule is COc1cc(CN2CCOC3CCCC32)cc(Br)c1O. The molecule has 3 rings (SSSR count). The minimum absolute atomic E-state index is 0.164. The van der Waals surface area contributed by atoms with E-state index in [0.717, 1.165) is 25.3 Å². The molecule has 0 spiro atoms. The molecule has 2 fully saturated rings. The Balaban J connectivity index is 1.78. The normalized spacial score (nSPS) is 26.5. The first-order valence-electron chi connectivity index (χ1n) is 7.10. The second kappa shape index (κ2) is 5.92. The van der Waals surface area contributed by atoms with Gasteiger partial charge in [0.25, 0.3) is 0 Å². The van der Waals surface area contributed by atoms with Gasteiger partial charge in [-0.25, -0.2) is 0 Å². The molecule has 0 amide bonds. The number of ether oxygens (including phenoxy) is 2. The van der Waals surface area contributed by atoms with Gasteiger partial charge in [-0.05, 0) is 52.9 Å². The number of hydrogen-bond donors (Lipinski definition) is 1. The number of halogens is 1. The van der Waals surface area contributed by atoms with E-state index in [0.29, 0.717) is 22.4 Å². The van der Waals surface area contributed by atoms with Crippen LogP contribution in [0.3, 0.4) is 0 Å². The Hall–Kier alpha value is -0.780. The number of morpholine rings is 1. The van der Waals surface area contributed by atoms with E-state index in [1.807, 2.05) is 12.1 Å². The molecule has 2 aliphatic rings. The lowest BCUT2D eigenvalue weighted by molar-refractivity contribution is -0.0588. The number of methoxy groups -OCH3 is 1. The van der Waals surface area contributed by atoms with Crippen molar-refractivity contribution in [1.29, 1.82) is 0 Å². The van der Waals surface area contributed by atoms with E-state index in [9.17, 15) is 5.11 Å². The van der Waals surface area contributed by atoms with Crippen LogP contribution in [0.5, 0.6) is 11.5 Å². The van der Waals surface area contributed by atoms with Gasteiger partial charge in [0.15, 0.2) is 11.5 Å². The molecular formula is C15H20BrNO3. The molecule has 1 aromatic carbocycles. The van der Waals surface area contributed by atoms with Crippen LogP contribution < -0.4 is 4.74 Å². The van der Waals surface area contributed by atoms with Crippen molar-refractivity contribution in [3.63, 3.8) is 0 Å². The molecule has 5 heteroatoms. The molecule has 20 heavy (non-hydrogen) atoms. The lowest BCUT2D eigenvalue weighted by Gasteiger charge is -2.37. The highest BCUT2D eigenvalue weighted by molar-refractivity contribution is 9.10. The van der Waals surface area contributed by atoms with Gasteiger partial charge in [-0.3, -0.25) is 4.90 Å². The third-order valence-corrected chi connectivity index (χ3v) is 4.90. The minimum Gasteiger partial charge on any atom is -0.503 e. The summed E-state index contributed by atoms with van der Waals surface area (Å²) in [5, 5.41) is 9.87. The van der Waals surface area contributed by atoms with Crippen molar-refractivity contribution in [2.45, 2.75) is 38.0 Å². The highest BCUT2D eigenvalue weighted by atomic mass is 79.9. The average Bonchev–Trinajstić information content (AvgIpc) is 2.92. The van der Waals surface area contributed by atoms with Gasteiger partial charge >= 0.3 is 0 Å². The van der Waals surface area contributed by atoms with Gasteiger partial charge in [-0.2, -0.15) is 0 Å². The van der Waals surface area contributed by atoms with Gasteiger partial charge in [0.1, 0.15) is 0 Å². The number of phenols is 1. The van der Waals surface area contributed by atoms with Gasteiger partial charge in [-0.15, -0.1) is 0 Å². The van der Waals surface area contributed by atoms with E-state index in [4.69, 9.17) is 9.47 Å². The summed E-state index contributed by atoms with van der Waals surface area (Å²) in [7, 11) is 1.58. The van der Waals surface area contributed by atoms with Crippen LogP contribution in [0.2, 0.25) is 0 Å². The summed E-state index contributed by atoms with van der Waals surface area (Å²) in [5.41, 5.74) is 1.15. The van der Waals surface area contributed by atoms with Gasteiger partial charge in [-0.1, -0.05) is 0 Å².